The van der Waals surface area contributed by atoms with Crippen LogP contribution in [0.15, 0.2) is 70.4 Å². The van der Waals surface area contributed by atoms with E-state index in [9.17, 15) is 14.9 Å². The van der Waals surface area contributed by atoms with Crippen molar-refractivity contribution in [3.05, 3.63) is 81.5 Å². The smallest absolute Gasteiger partial charge is 0.234 e. The molecule has 34 heavy (non-hydrogen) atoms. The molecule has 0 unspecified atom stereocenters. The lowest BCUT2D eigenvalue weighted by atomic mass is 9.76. The van der Waals surface area contributed by atoms with Crippen molar-refractivity contribution in [3.63, 3.8) is 0 Å². The number of nitrogens with one attached hydrogen (secondary N) is 2. The number of nitriles is 1. The van der Waals surface area contributed by atoms with Crippen LogP contribution in [-0.2, 0) is 9.59 Å². The Morgan fingerprint density at radius 3 is 2.71 bits per heavy atom. The van der Waals surface area contributed by atoms with E-state index in [2.05, 4.69) is 16.7 Å². The number of aryl methyl sites for hydroxylation is 1. The number of anilines is 1. The van der Waals surface area contributed by atoms with E-state index >= 15 is 0 Å². The Bertz CT molecular complexity index is 1210. The van der Waals surface area contributed by atoms with E-state index in [-0.39, 0.29) is 17.4 Å². The molecule has 1 aliphatic carbocycles. The number of carbonyl (C=O) groups excluding carboxylic acids is 2. The van der Waals surface area contributed by atoms with Crippen LogP contribution in [0.25, 0.3) is 0 Å². The Balaban J connectivity index is 1.65. The van der Waals surface area contributed by atoms with Crippen molar-refractivity contribution in [1.29, 1.82) is 5.26 Å². The molecular formula is C27H27N3O3S. The van der Waals surface area contributed by atoms with Crippen LogP contribution in [0.5, 0.6) is 5.75 Å². The number of benzene rings is 2. The van der Waals surface area contributed by atoms with Crippen LogP contribution < -0.4 is 15.4 Å². The molecule has 1 amide bonds. The fraction of sp³-hybridized carbons (Fsp3) is 0.296. The molecule has 6 nitrogen and oxygen atoms in total. The van der Waals surface area contributed by atoms with E-state index in [4.69, 9.17) is 4.74 Å². The molecule has 2 aromatic rings. The maximum atomic E-state index is 13.0. The van der Waals surface area contributed by atoms with Gasteiger partial charge in [0.25, 0.3) is 0 Å². The quantitative estimate of drug-likeness (QED) is 0.575. The van der Waals surface area contributed by atoms with Gasteiger partial charge < -0.3 is 15.4 Å². The van der Waals surface area contributed by atoms with Crippen LogP contribution in [0, 0.1) is 18.3 Å². The summed E-state index contributed by atoms with van der Waals surface area (Å²) in [5.74, 6) is 0.179. The summed E-state index contributed by atoms with van der Waals surface area (Å²) in [6.07, 6.45) is 1.96. The van der Waals surface area contributed by atoms with E-state index in [1.807, 2.05) is 62.4 Å². The number of carbonyl (C=O) groups is 2. The van der Waals surface area contributed by atoms with Gasteiger partial charge in [-0.2, -0.15) is 5.26 Å². The van der Waals surface area contributed by atoms with Gasteiger partial charge in [-0.25, -0.2) is 0 Å². The minimum Gasteiger partial charge on any atom is -0.494 e. The van der Waals surface area contributed by atoms with E-state index < -0.39 is 5.92 Å². The molecule has 0 bridgehead atoms. The highest BCUT2D eigenvalue weighted by Crippen LogP contribution is 2.46. The summed E-state index contributed by atoms with van der Waals surface area (Å²) in [6, 6.07) is 17.5. The lowest BCUT2D eigenvalue weighted by molar-refractivity contribution is -0.116. The standard InChI is InChI=1S/C27H27N3O3S/c1-3-33-23-10-5-4-7-19(23)25-20(15-28)27(30-21-8-6-9-22(31)26(21)25)34-16-24(32)29-18-13-11-17(2)12-14-18/h4-5,7,10-14,25,30H,3,6,8-9,16H2,1-2H3,(H,29,32)/t25-/m1/s1. The van der Waals surface area contributed by atoms with Crippen LogP contribution in [0.2, 0.25) is 0 Å². The average Bonchev–Trinajstić information content (AvgIpc) is 2.84. The third-order valence-electron chi connectivity index (χ3n) is 5.88. The first kappa shape index (κ1) is 23.7. The molecule has 0 aromatic heterocycles. The number of ketones is 1. The van der Waals surface area contributed by atoms with Crippen molar-refractivity contribution in [2.45, 2.75) is 39.0 Å². The Morgan fingerprint density at radius 2 is 1.97 bits per heavy atom. The molecule has 2 N–H and O–H groups in total. The van der Waals surface area contributed by atoms with Crippen molar-refractivity contribution in [2.75, 3.05) is 17.7 Å². The molecule has 2 aromatic carbocycles. The highest BCUT2D eigenvalue weighted by molar-refractivity contribution is 8.03. The third kappa shape index (κ3) is 5.02. The minimum atomic E-state index is -0.514. The summed E-state index contributed by atoms with van der Waals surface area (Å²) < 4.78 is 5.85. The second kappa shape index (κ2) is 10.6. The molecule has 1 atom stereocenters. The van der Waals surface area contributed by atoms with Crippen molar-refractivity contribution in [2.24, 2.45) is 0 Å². The highest BCUT2D eigenvalue weighted by Gasteiger charge is 2.38. The van der Waals surface area contributed by atoms with Gasteiger partial charge in [0, 0.05) is 28.9 Å². The zero-order valence-corrected chi connectivity index (χ0v) is 20.1. The first-order valence-electron chi connectivity index (χ1n) is 11.4. The Hall–Kier alpha value is -3.50. The summed E-state index contributed by atoms with van der Waals surface area (Å²) >= 11 is 1.28. The average molecular weight is 474 g/mol. The Morgan fingerprint density at radius 1 is 1.21 bits per heavy atom. The molecule has 174 valence electrons. The number of ether oxygens (including phenoxy) is 1. The summed E-state index contributed by atoms with van der Waals surface area (Å²) in [7, 11) is 0. The number of hydrogen-bond donors (Lipinski definition) is 2. The van der Waals surface area contributed by atoms with E-state index in [0.29, 0.717) is 35.0 Å². The number of amides is 1. The molecule has 2 aliphatic rings. The fourth-order valence-corrected chi connectivity index (χ4v) is 5.19. The lowest BCUT2D eigenvalue weighted by Gasteiger charge is -2.33. The normalized spacial score (nSPS) is 17.6. The monoisotopic (exact) mass is 473 g/mol. The Labute approximate surface area is 204 Å². The van der Waals surface area contributed by atoms with Gasteiger partial charge in [-0.1, -0.05) is 47.7 Å². The SMILES string of the molecule is CCOc1ccccc1[C@@H]1C(C#N)=C(SCC(=O)Nc2ccc(C)cc2)NC2=C1C(=O)CCC2. The number of nitrogens with zero attached hydrogens (tertiary/aromatic N) is 1. The van der Waals surface area contributed by atoms with Crippen LogP contribution in [0.1, 0.15) is 43.2 Å². The molecule has 7 heteroatoms. The van der Waals surface area contributed by atoms with Gasteiger partial charge in [-0.05, 0) is 44.9 Å². The van der Waals surface area contributed by atoms with Crippen LogP contribution >= 0.6 is 11.8 Å². The third-order valence-corrected chi connectivity index (χ3v) is 6.89. The largest absolute Gasteiger partial charge is 0.494 e. The number of Topliss-reactive ketones (excluding diaryl/α,β-unsaturated/α-hetero) is 1. The Kier molecular flexibility index (Phi) is 7.39. The van der Waals surface area contributed by atoms with Gasteiger partial charge in [0.2, 0.25) is 5.91 Å². The summed E-state index contributed by atoms with van der Waals surface area (Å²) in [5.41, 5.74) is 4.57. The van der Waals surface area contributed by atoms with Crippen molar-refractivity contribution >= 4 is 29.1 Å². The summed E-state index contributed by atoms with van der Waals surface area (Å²) in [4.78, 5) is 25.6. The second-order valence-electron chi connectivity index (χ2n) is 8.26. The minimum absolute atomic E-state index is 0.0546. The molecule has 0 radical (unpaired) electrons. The van der Waals surface area contributed by atoms with Gasteiger partial charge in [0.15, 0.2) is 5.78 Å². The molecule has 4 rings (SSSR count). The number of hydrogen-bond acceptors (Lipinski definition) is 6. The zero-order valence-electron chi connectivity index (χ0n) is 19.3. The highest BCUT2D eigenvalue weighted by atomic mass is 32.2. The lowest BCUT2D eigenvalue weighted by Crippen LogP contribution is -2.32. The molecule has 0 fully saturated rings. The van der Waals surface area contributed by atoms with E-state index in [0.717, 1.165) is 35.4 Å². The van der Waals surface area contributed by atoms with Gasteiger partial charge in [0.1, 0.15) is 5.75 Å². The molecule has 1 heterocycles. The first-order chi connectivity index (χ1) is 16.5. The topological polar surface area (TPSA) is 91.2 Å². The number of para-hydroxylation sites is 1. The van der Waals surface area contributed by atoms with Gasteiger partial charge in [-0.3, -0.25) is 9.59 Å². The molecule has 0 saturated carbocycles. The molecule has 1 aliphatic heterocycles. The van der Waals surface area contributed by atoms with Gasteiger partial charge in [0.05, 0.1) is 34.9 Å². The summed E-state index contributed by atoms with van der Waals surface area (Å²) in [5, 5.41) is 17.0. The zero-order chi connectivity index (χ0) is 24.1. The summed E-state index contributed by atoms with van der Waals surface area (Å²) in [6.45, 7) is 4.38. The number of allylic oxidation sites excluding steroid dienone is 3. The van der Waals surface area contributed by atoms with E-state index in [1.54, 1.807) is 0 Å². The maximum Gasteiger partial charge on any atom is 0.234 e. The number of rotatable bonds is 7. The predicted octanol–water partition coefficient (Wildman–Crippen LogP) is 5.19. The first-order valence-corrected chi connectivity index (χ1v) is 12.4. The van der Waals surface area contributed by atoms with Crippen molar-refractivity contribution in [3.8, 4) is 11.8 Å². The number of thioether (sulfide) groups is 1. The fourth-order valence-electron chi connectivity index (χ4n) is 4.33. The molecular weight excluding hydrogens is 446 g/mol. The molecule has 0 saturated heterocycles. The second-order valence-corrected chi connectivity index (χ2v) is 9.24. The number of dihydropyridines is 1. The molecule has 0 spiro atoms. The van der Waals surface area contributed by atoms with Crippen molar-refractivity contribution < 1.29 is 14.3 Å². The van der Waals surface area contributed by atoms with Gasteiger partial charge >= 0.3 is 0 Å². The van der Waals surface area contributed by atoms with Gasteiger partial charge in [-0.15, -0.1) is 0 Å². The van der Waals surface area contributed by atoms with E-state index in [1.165, 1.54) is 11.8 Å². The van der Waals surface area contributed by atoms with Crippen LogP contribution in [0.4, 0.5) is 5.69 Å². The van der Waals surface area contributed by atoms with Crippen LogP contribution in [-0.4, -0.2) is 24.1 Å². The van der Waals surface area contributed by atoms with Crippen molar-refractivity contribution in [1.82, 2.24) is 5.32 Å². The van der Waals surface area contributed by atoms with Crippen LogP contribution in [0.3, 0.4) is 0 Å². The predicted molar refractivity (Wildman–Crippen MR) is 134 cm³/mol. The maximum absolute atomic E-state index is 13.0.